The summed E-state index contributed by atoms with van der Waals surface area (Å²) < 4.78 is 29.9. The minimum absolute atomic E-state index is 0.00524. The van der Waals surface area contributed by atoms with Gasteiger partial charge in [0.25, 0.3) is 0 Å². The van der Waals surface area contributed by atoms with Crippen LogP contribution >= 0.6 is 0 Å². The molecule has 3 aliphatic rings. The smallest absolute Gasteiger partial charge is 0.481 e. The zero-order valence-corrected chi connectivity index (χ0v) is 35.1. The fourth-order valence-electron chi connectivity index (χ4n) is 8.26. The number of ether oxygens (including phenoxy) is 3. The van der Waals surface area contributed by atoms with Gasteiger partial charge < -0.3 is 39.5 Å². The molecule has 2 aliphatic heterocycles. The third-order valence-electron chi connectivity index (χ3n) is 11.6. The number of fused-ring (bicyclic) bond motifs is 5. The average Bonchev–Trinajstić information content (AvgIpc) is 3.28. The Bertz CT molecular complexity index is 1800. The topological polar surface area (TPSA) is 133 Å². The minimum atomic E-state index is -1.02. The van der Waals surface area contributed by atoms with E-state index in [2.05, 4.69) is 50.6 Å². The number of methoxy groups -OCH3 is 2. The third-order valence-corrected chi connectivity index (χ3v) is 11.6. The van der Waals surface area contributed by atoms with Crippen molar-refractivity contribution in [3.63, 3.8) is 0 Å². The molecule has 2 bridgehead atoms. The van der Waals surface area contributed by atoms with E-state index >= 15 is 0 Å². The van der Waals surface area contributed by atoms with Crippen LogP contribution in [0.25, 0.3) is 0 Å². The van der Waals surface area contributed by atoms with Crippen LogP contribution in [0.4, 0.5) is 0 Å². The van der Waals surface area contributed by atoms with Gasteiger partial charge in [-0.2, -0.15) is 0 Å². The second kappa shape index (κ2) is 19.7. The summed E-state index contributed by atoms with van der Waals surface area (Å²) in [6.07, 6.45) is 2.80. The summed E-state index contributed by atoms with van der Waals surface area (Å²) in [7, 11) is 2.47. The summed E-state index contributed by atoms with van der Waals surface area (Å²) in [5, 5.41) is 9.17. The maximum atomic E-state index is 14.3. The lowest BCUT2D eigenvalue weighted by Gasteiger charge is -2.54. The fraction of sp³-hybridized carbons (Fsp3) is 0.533. The largest absolute Gasteiger partial charge is 0.493 e. The molecule has 1 aliphatic carbocycles. The summed E-state index contributed by atoms with van der Waals surface area (Å²) in [6, 6.07) is 20.1. The van der Waals surface area contributed by atoms with Crippen LogP contribution < -0.4 is 30.2 Å². The first kappa shape index (κ1) is 43.6. The minimum Gasteiger partial charge on any atom is -0.493 e. The number of amides is 3. The molecule has 3 fully saturated rings. The highest BCUT2D eigenvalue weighted by atomic mass is 16.6. The molecular weight excluding hydrogens is 721 g/mol. The van der Waals surface area contributed by atoms with Gasteiger partial charge >= 0.3 is 7.12 Å². The van der Waals surface area contributed by atoms with Crippen molar-refractivity contribution in [1.82, 2.24) is 16.0 Å². The number of para-hydroxylation sites is 1. The first-order valence-electron chi connectivity index (χ1n) is 20.4. The van der Waals surface area contributed by atoms with Gasteiger partial charge in [0.05, 0.1) is 26.6 Å². The van der Waals surface area contributed by atoms with E-state index < -0.39 is 31.1 Å². The molecule has 0 spiro atoms. The van der Waals surface area contributed by atoms with Crippen LogP contribution in [0.3, 0.4) is 0 Å². The van der Waals surface area contributed by atoms with Crippen molar-refractivity contribution in [2.45, 2.75) is 105 Å². The van der Waals surface area contributed by atoms with Crippen molar-refractivity contribution < 1.29 is 37.9 Å². The van der Waals surface area contributed by atoms with Crippen LogP contribution in [0.15, 0.2) is 72.8 Å². The SMILES string of the molecule is COc1ccc(CC(NC(=O)Cc2cccc(Oc3ccccc3)c2)C(=O)NC(C(=O)N[C@@H](CC(C)C)B2OCC[C@@H]3C[C@H]([C@H](C)O2)C3(C)C)C(C)C)cc1OC. The third kappa shape index (κ3) is 11.5. The molecule has 2 unspecified atom stereocenters. The van der Waals surface area contributed by atoms with Crippen molar-refractivity contribution >= 4 is 24.8 Å². The summed E-state index contributed by atoms with van der Waals surface area (Å²) >= 11 is 0. The van der Waals surface area contributed by atoms with Crippen LogP contribution in [-0.4, -0.2) is 69.8 Å². The van der Waals surface area contributed by atoms with Gasteiger partial charge in [-0.1, -0.05) is 77.9 Å². The Balaban J connectivity index is 1.33. The van der Waals surface area contributed by atoms with Crippen molar-refractivity contribution in [2.24, 2.45) is 29.1 Å². The lowest BCUT2D eigenvalue weighted by molar-refractivity contribution is -0.133. The quantitative estimate of drug-likeness (QED) is 0.125. The lowest BCUT2D eigenvalue weighted by atomic mass is 9.52. The summed E-state index contributed by atoms with van der Waals surface area (Å²) in [4.78, 5) is 42.2. The predicted octanol–water partition coefficient (Wildman–Crippen LogP) is 6.95. The van der Waals surface area contributed by atoms with Gasteiger partial charge in [-0.3, -0.25) is 14.4 Å². The second-order valence-corrected chi connectivity index (χ2v) is 17.0. The first-order chi connectivity index (χ1) is 27.2. The molecule has 6 rings (SSSR count). The van der Waals surface area contributed by atoms with Gasteiger partial charge in [-0.25, -0.2) is 0 Å². The first-order valence-corrected chi connectivity index (χ1v) is 20.4. The predicted molar refractivity (Wildman–Crippen MR) is 222 cm³/mol. The van der Waals surface area contributed by atoms with Crippen molar-refractivity contribution in [2.75, 3.05) is 20.8 Å². The maximum Gasteiger partial charge on any atom is 0.481 e. The number of hydrogen-bond donors (Lipinski definition) is 3. The van der Waals surface area contributed by atoms with E-state index in [1.165, 1.54) is 0 Å². The second-order valence-electron chi connectivity index (χ2n) is 17.0. The van der Waals surface area contributed by atoms with Gasteiger partial charge in [0.2, 0.25) is 17.7 Å². The van der Waals surface area contributed by atoms with Gasteiger partial charge in [0.15, 0.2) is 11.5 Å². The van der Waals surface area contributed by atoms with Crippen LogP contribution in [0.2, 0.25) is 0 Å². The molecule has 0 aromatic heterocycles. The maximum absolute atomic E-state index is 14.3. The molecule has 11 nitrogen and oxygen atoms in total. The Hall–Kier alpha value is -4.55. The Kier molecular flexibility index (Phi) is 15.1. The molecule has 2 saturated heterocycles. The average molecular weight is 784 g/mol. The number of benzene rings is 3. The zero-order chi connectivity index (χ0) is 41.3. The molecule has 3 aromatic rings. The molecule has 6 atom stereocenters. The molecule has 3 aromatic carbocycles. The molecule has 308 valence electrons. The molecule has 3 amide bonds. The van der Waals surface area contributed by atoms with Crippen LogP contribution in [0.1, 0.15) is 78.9 Å². The van der Waals surface area contributed by atoms with Gasteiger partial charge in [0, 0.05) is 19.1 Å². The van der Waals surface area contributed by atoms with Crippen LogP contribution in [-0.2, 0) is 36.5 Å². The number of rotatable bonds is 17. The Morgan fingerprint density at radius 2 is 1.56 bits per heavy atom. The molecule has 1 saturated carbocycles. The normalized spacial score (nSPS) is 20.5. The van der Waals surface area contributed by atoms with E-state index in [0.29, 0.717) is 53.4 Å². The number of hydrogen-bond acceptors (Lipinski definition) is 8. The lowest BCUT2D eigenvalue weighted by Crippen LogP contribution is -2.60. The van der Waals surface area contributed by atoms with E-state index in [9.17, 15) is 14.4 Å². The summed E-state index contributed by atoms with van der Waals surface area (Å²) in [5.74, 6) is 1.66. The van der Waals surface area contributed by atoms with Gasteiger partial charge in [0.1, 0.15) is 23.6 Å². The Morgan fingerprint density at radius 3 is 2.23 bits per heavy atom. The molecule has 57 heavy (non-hydrogen) atoms. The Morgan fingerprint density at radius 1 is 0.842 bits per heavy atom. The zero-order valence-electron chi connectivity index (χ0n) is 35.1. The summed E-state index contributed by atoms with van der Waals surface area (Å²) in [5.41, 5.74) is 1.62. The highest BCUT2D eigenvalue weighted by Gasteiger charge is 2.52. The van der Waals surface area contributed by atoms with Crippen molar-refractivity contribution in [1.29, 1.82) is 0 Å². The summed E-state index contributed by atoms with van der Waals surface area (Å²) in [6.45, 7) is 15.3. The highest BCUT2D eigenvalue weighted by molar-refractivity contribution is 6.47. The van der Waals surface area contributed by atoms with Crippen molar-refractivity contribution in [3.8, 4) is 23.0 Å². The monoisotopic (exact) mass is 783 g/mol. The number of nitrogens with one attached hydrogen (secondary N) is 3. The van der Waals surface area contributed by atoms with Crippen LogP contribution in [0.5, 0.6) is 23.0 Å². The molecule has 0 radical (unpaired) electrons. The molecule has 2 heterocycles. The van der Waals surface area contributed by atoms with E-state index in [4.69, 9.17) is 23.5 Å². The van der Waals surface area contributed by atoms with Crippen LogP contribution in [0, 0.1) is 29.1 Å². The van der Waals surface area contributed by atoms with Crippen molar-refractivity contribution in [3.05, 3.63) is 83.9 Å². The van der Waals surface area contributed by atoms with E-state index in [1.54, 1.807) is 32.4 Å². The Labute approximate surface area is 339 Å². The van der Waals surface area contributed by atoms with Gasteiger partial charge in [-0.15, -0.1) is 0 Å². The highest BCUT2D eigenvalue weighted by Crippen LogP contribution is 2.55. The fourth-order valence-corrected chi connectivity index (χ4v) is 8.26. The van der Waals surface area contributed by atoms with E-state index in [1.807, 2.05) is 68.4 Å². The molecule has 12 heteroatoms. The standard InChI is InChI=1S/C45H62BN3O8/c1-28(2)22-40(46-55-21-20-33-27-36(30(5)57-46)45(33,6)7)48-44(52)42(29(3)4)49-43(51)37(24-32-18-19-38(53-8)39(25-32)54-9)47-41(50)26-31-14-13-17-35(23-31)56-34-15-11-10-12-16-34/h10-19,23,25,28-30,33,36-37,40,42H,20-22,24,26-27H2,1-9H3,(H,47,50)(H,48,52)(H,49,51)/t30-,33+,36+,37?,40-,42?/m0/s1. The van der Waals surface area contributed by atoms with Gasteiger partial charge in [-0.05, 0) is 103 Å². The number of carbonyl (C=O) groups is 3. The number of carbonyl (C=O) groups excluding carboxylic acids is 3. The van der Waals surface area contributed by atoms with E-state index in [-0.39, 0.29) is 48.0 Å². The molecular formula is C45H62BN3O8. The van der Waals surface area contributed by atoms with E-state index in [0.717, 1.165) is 18.4 Å². The molecule has 3 N–H and O–H groups in total.